The van der Waals surface area contributed by atoms with Crippen molar-refractivity contribution in [3.8, 4) is 12.3 Å². The van der Waals surface area contributed by atoms with Gasteiger partial charge in [-0.3, -0.25) is 4.79 Å². The van der Waals surface area contributed by atoms with Gasteiger partial charge in [0, 0.05) is 36.1 Å². The van der Waals surface area contributed by atoms with Crippen LogP contribution in [0.4, 0.5) is 5.69 Å². The number of benzene rings is 1. The van der Waals surface area contributed by atoms with Crippen LogP contribution in [0.25, 0.3) is 0 Å². The van der Waals surface area contributed by atoms with Crippen molar-refractivity contribution in [2.75, 3.05) is 25.0 Å². The zero-order chi connectivity index (χ0) is 18.8. The molecule has 144 valence electrons. The fourth-order valence-electron chi connectivity index (χ4n) is 2.21. The molecule has 8 heteroatoms. The van der Waals surface area contributed by atoms with Gasteiger partial charge in [-0.2, -0.15) is 0 Å². The Hall–Kier alpha value is -2.12. The summed E-state index contributed by atoms with van der Waals surface area (Å²) < 4.78 is 0. The van der Waals surface area contributed by atoms with Crippen molar-refractivity contribution < 1.29 is 4.79 Å². The van der Waals surface area contributed by atoms with E-state index in [9.17, 15) is 4.79 Å². The van der Waals surface area contributed by atoms with Crippen LogP contribution in [0.2, 0.25) is 0 Å². The molecule has 1 amide bonds. The van der Waals surface area contributed by atoms with Gasteiger partial charge in [0.05, 0.1) is 10.7 Å². The van der Waals surface area contributed by atoms with E-state index in [0.717, 1.165) is 22.7 Å². The molecule has 2 aromatic rings. The third-order valence-corrected chi connectivity index (χ3v) is 4.20. The Morgan fingerprint density at radius 3 is 2.85 bits per heavy atom. The maximum absolute atomic E-state index is 12.1. The van der Waals surface area contributed by atoms with Crippen molar-refractivity contribution >= 4 is 52.9 Å². The molecule has 0 radical (unpaired) electrons. The van der Waals surface area contributed by atoms with Crippen molar-refractivity contribution in [2.24, 2.45) is 4.99 Å². The van der Waals surface area contributed by atoms with Crippen LogP contribution in [-0.2, 0) is 11.2 Å². The highest BCUT2D eigenvalue weighted by Gasteiger charge is 2.04. The van der Waals surface area contributed by atoms with Crippen LogP contribution < -0.4 is 16.0 Å². The summed E-state index contributed by atoms with van der Waals surface area (Å²) in [5.74, 6) is 2.94. The molecule has 6 nitrogen and oxygen atoms in total. The van der Waals surface area contributed by atoms with Crippen molar-refractivity contribution in [1.82, 2.24) is 15.6 Å². The quantitative estimate of drug-likeness (QED) is 0.238. The van der Waals surface area contributed by atoms with E-state index in [-0.39, 0.29) is 36.4 Å². The molecular weight excluding hydrogens is 473 g/mol. The Kier molecular flexibility index (Phi) is 10.4. The van der Waals surface area contributed by atoms with Crippen LogP contribution in [0.15, 0.2) is 34.6 Å². The number of carbonyl (C=O) groups excluding carboxylic acids is 1. The molecule has 0 aliphatic carbocycles. The third kappa shape index (κ3) is 8.41. The summed E-state index contributed by atoms with van der Waals surface area (Å²) in [7, 11) is 0. The van der Waals surface area contributed by atoms with E-state index in [1.807, 2.05) is 19.9 Å². The Labute approximate surface area is 181 Å². The van der Waals surface area contributed by atoms with Crippen molar-refractivity contribution in [2.45, 2.75) is 20.3 Å². The minimum Gasteiger partial charge on any atom is -0.357 e. The molecule has 0 bridgehead atoms. The number of aryl methyl sites for hydroxylation is 1. The number of aromatic nitrogens is 1. The topological polar surface area (TPSA) is 78.4 Å². The molecule has 0 fully saturated rings. The smallest absolute Gasteiger partial charge is 0.246 e. The number of guanidine groups is 1. The molecule has 2 rings (SSSR count). The van der Waals surface area contributed by atoms with Gasteiger partial charge in [-0.1, -0.05) is 12.0 Å². The highest BCUT2D eigenvalue weighted by molar-refractivity contribution is 14.0. The molecule has 0 saturated heterocycles. The number of amides is 1. The highest BCUT2D eigenvalue weighted by Crippen LogP contribution is 2.09. The fraction of sp³-hybridized carbons (Fsp3) is 0.316. The van der Waals surface area contributed by atoms with E-state index in [1.165, 1.54) is 0 Å². The van der Waals surface area contributed by atoms with Crippen molar-refractivity contribution in [3.63, 3.8) is 0 Å². The molecule has 3 N–H and O–H groups in total. The number of nitrogens with zero attached hydrogens (tertiary/aromatic N) is 2. The van der Waals surface area contributed by atoms with Gasteiger partial charge in [-0.15, -0.1) is 41.7 Å². The molecular formula is C19H24IN5OS. The van der Waals surface area contributed by atoms with E-state index in [2.05, 4.69) is 37.2 Å². The number of rotatable bonds is 7. The Morgan fingerprint density at radius 1 is 1.37 bits per heavy atom. The zero-order valence-corrected chi connectivity index (χ0v) is 18.6. The largest absolute Gasteiger partial charge is 0.357 e. The summed E-state index contributed by atoms with van der Waals surface area (Å²) in [6.45, 7) is 5.40. The van der Waals surface area contributed by atoms with Crippen molar-refractivity contribution in [3.05, 3.63) is 45.9 Å². The molecule has 1 aromatic heterocycles. The Bertz CT molecular complexity index is 812. The first kappa shape index (κ1) is 22.9. The number of hydrogen-bond acceptors (Lipinski definition) is 4. The lowest BCUT2D eigenvalue weighted by atomic mass is 10.2. The number of terminal acetylenes is 1. The van der Waals surface area contributed by atoms with Crippen LogP contribution in [0.3, 0.4) is 0 Å². The Balaban J connectivity index is 0.00000364. The van der Waals surface area contributed by atoms with Crippen LogP contribution in [0.5, 0.6) is 0 Å². The summed E-state index contributed by atoms with van der Waals surface area (Å²) in [6.07, 6.45) is 6.17. The number of nitrogens with one attached hydrogen (secondary N) is 3. The molecule has 0 saturated carbocycles. The predicted molar refractivity (Wildman–Crippen MR) is 123 cm³/mol. The van der Waals surface area contributed by atoms with E-state index in [1.54, 1.807) is 29.5 Å². The molecule has 0 spiro atoms. The molecule has 1 aromatic carbocycles. The highest BCUT2D eigenvalue weighted by atomic mass is 127. The van der Waals surface area contributed by atoms with Gasteiger partial charge >= 0.3 is 0 Å². The van der Waals surface area contributed by atoms with Gasteiger partial charge in [0.2, 0.25) is 5.91 Å². The third-order valence-electron chi connectivity index (χ3n) is 3.38. The molecule has 1 heterocycles. The number of thiazole rings is 1. The van der Waals surface area contributed by atoms with Gasteiger partial charge in [0.25, 0.3) is 0 Å². The van der Waals surface area contributed by atoms with E-state index < -0.39 is 0 Å². The van der Waals surface area contributed by atoms with E-state index in [4.69, 9.17) is 6.42 Å². The summed E-state index contributed by atoms with van der Waals surface area (Å²) in [5.41, 5.74) is 2.44. The monoisotopic (exact) mass is 497 g/mol. The molecule has 0 unspecified atom stereocenters. The average molecular weight is 497 g/mol. The summed E-state index contributed by atoms with van der Waals surface area (Å²) >= 11 is 1.64. The van der Waals surface area contributed by atoms with Crippen molar-refractivity contribution in [1.29, 1.82) is 0 Å². The number of aliphatic imine (C=N–C) groups is 1. The van der Waals surface area contributed by atoms with Gasteiger partial charge < -0.3 is 16.0 Å². The summed E-state index contributed by atoms with van der Waals surface area (Å²) in [5, 5.41) is 12.2. The minimum absolute atomic E-state index is 0. The van der Waals surface area contributed by atoms with Crippen LogP contribution in [0, 0.1) is 19.3 Å². The lowest BCUT2D eigenvalue weighted by Gasteiger charge is -2.11. The molecule has 0 aliphatic heterocycles. The lowest BCUT2D eigenvalue weighted by Crippen LogP contribution is -2.39. The minimum atomic E-state index is -0.202. The maximum Gasteiger partial charge on any atom is 0.246 e. The second kappa shape index (κ2) is 12.3. The first-order valence-corrected chi connectivity index (χ1v) is 9.28. The SMILES string of the molecule is C#Cc1cccc(NC(=O)CN=C(NCC)NCCc2csc(C)n2)c1.I. The van der Waals surface area contributed by atoms with E-state index >= 15 is 0 Å². The number of halogens is 1. The van der Waals surface area contributed by atoms with Gasteiger partial charge in [-0.05, 0) is 32.0 Å². The second-order valence-electron chi connectivity index (χ2n) is 5.50. The molecule has 0 aliphatic rings. The lowest BCUT2D eigenvalue weighted by molar-refractivity contribution is -0.114. The molecule has 0 atom stereocenters. The van der Waals surface area contributed by atoms with Gasteiger partial charge in [0.1, 0.15) is 6.54 Å². The first-order chi connectivity index (χ1) is 12.6. The van der Waals surface area contributed by atoms with Gasteiger partial charge in [0.15, 0.2) is 5.96 Å². The number of hydrogen-bond donors (Lipinski definition) is 3. The fourth-order valence-corrected chi connectivity index (χ4v) is 2.86. The summed E-state index contributed by atoms with van der Waals surface area (Å²) in [6, 6.07) is 7.16. The normalized spacial score (nSPS) is 10.5. The van der Waals surface area contributed by atoms with Crippen LogP contribution in [-0.4, -0.2) is 36.5 Å². The molecule has 27 heavy (non-hydrogen) atoms. The van der Waals surface area contributed by atoms with E-state index in [0.29, 0.717) is 24.7 Å². The number of carbonyl (C=O) groups is 1. The second-order valence-corrected chi connectivity index (χ2v) is 6.57. The Morgan fingerprint density at radius 2 is 2.19 bits per heavy atom. The standard InChI is InChI=1S/C19H23N5OS.HI/c1-4-15-7-6-8-16(11-15)24-18(25)12-22-19(20-5-2)21-10-9-17-13-26-14(3)23-17;/h1,6-8,11,13H,5,9-10,12H2,2-3H3,(H,24,25)(H2,20,21,22);1H. The number of anilines is 1. The summed E-state index contributed by atoms with van der Waals surface area (Å²) in [4.78, 5) is 20.8. The zero-order valence-electron chi connectivity index (χ0n) is 15.4. The average Bonchev–Trinajstić information content (AvgIpc) is 3.05. The predicted octanol–water partition coefficient (Wildman–Crippen LogP) is 2.79. The first-order valence-electron chi connectivity index (χ1n) is 8.40. The maximum atomic E-state index is 12.1. The van der Waals surface area contributed by atoms with Crippen LogP contribution in [0.1, 0.15) is 23.2 Å². The van der Waals surface area contributed by atoms with Gasteiger partial charge in [-0.25, -0.2) is 9.98 Å². The van der Waals surface area contributed by atoms with Crippen LogP contribution >= 0.6 is 35.3 Å².